The van der Waals surface area contributed by atoms with Crippen LogP contribution >= 0.6 is 15.9 Å². The lowest BCUT2D eigenvalue weighted by Gasteiger charge is -2.13. The van der Waals surface area contributed by atoms with Crippen LogP contribution in [0.15, 0.2) is 22.7 Å². The standard InChI is InChI=1S/C11H14BrNO3/c1-7(6-14)13-11(15)9-4-3-8(12)5-10(9)16-2/h3-5,7,14H,6H2,1-2H3,(H,13,15). The van der Waals surface area contributed by atoms with Crippen molar-refractivity contribution in [2.24, 2.45) is 0 Å². The molecule has 16 heavy (non-hydrogen) atoms. The van der Waals surface area contributed by atoms with Crippen LogP contribution in [-0.2, 0) is 0 Å². The second-order valence-corrected chi connectivity index (χ2v) is 4.32. The van der Waals surface area contributed by atoms with Crippen LogP contribution in [0.4, 0.5) is 0 Å². The zero-order valence-corrected chi connectivity index (χ0v) is 10.7. The fourth-order valence-corrected chi connectivity index (χ4v) is 1.54. The van der Waals surface area contributed by atoms with Gasteiger partial charge in [0.15, 0.2) is 0 Å². The number of halogens is 1. The summed E-state index contributed by atoms with van der Waals surface area (Å²) >= 11 is 3.30. The third kappa shape index (κ3) is 3.21. The molecule has 0 spiro atoms. The molecule has 1 unspecified atom stereocenters. The van der Waals surface area contributed by atoms with Gasteiger partial charge in [0, 0.05) is 10.5 Å². The molecule has 0 saturated carbocycles. The van der Waals surface area contributed by atoms with E-state index in [0.717, 1.165) is 4.47 Å². The van der Waals surface area contributed by atoms with Crippen LogP contribution in [0.2, 0.25) is 0 Å². The molecule has 0 heterocycles. The van der Waals surface area contributed by atoms with E-state index in [9.17, 15) is 4.79 Å². The van der Waals surface area contributed by atoms with Crippen molar-refractivity contribution < 1.29 is 14.6 Å². The predicted molar refractivity (Wildman–Crippen MR) is 64.7 cm³/mol. The van der Waals surface area contributed by atoms with Crippen LogP contribution < -0.4 is 10.1 Å². The van der Waals surface area contributed by atoms with Gasteiger partial charge in [-0.3, -0.25) is 4.79 Å². The Hall–Kier alpha value is -1.07. The van der Waals surface area contributed by atoms with Crippen LogP contribution in [0.5, 0.6) is 5.75 Å². The van der Waals surface area contributed by atoms with Crippen molar-refractivity contribution in [3.05, 3.63) is 28.2 Å². The first-order chi connectivity index (χ1) is 7.58. The molecule has 1 atom stereocenters. The monoisotopic (exact) mass is 287 g/mol. The molecular formula is C11H14BrNO3. The van der Waals surface area contributed by atoms with E-state index in [-0.39, 0.29) is 18.6 Å². The number of aliphatic hydroxyl groups is 1. The number of nitrogens with one attached hydrogen (secondary N) is 1. The highest BCUT2D eigenvalue weighted by atomic mass is 79.9. The Morgan fingerprint density at radius 3 is 2.88 bits per heavy atom. The van der Waals surface area contributed by atoms with Crippen molar-refractivity contribution in [1.29, 1.82) is 0 Å². The minimum Gasteiger partial charge on any atom is -0.496 e. The highest BCUT2D eigenvalue weighted by molar-refractivity contribution is 9.10. The van der Waals surface area contributed by atoms with E-state index < -0.39 is 0 Å². The lowest BCUT2D eigenvalue weighted by molar-refractivity contribution is 0.0919. The van der Waals surface area contributed by atoms with E-state index >= 15 is 0 Å². The average Bonchev–Trinajstić information content (AvgIpc) is 2.28. The molecule has 0 aliphatic carbocycles. The number of hydrogen-bond acceptors (Lipinski definition) is 3. The van der Waals surface area contributed by atoms with Crippen molar-refractivity contribution >= 4 is 21.8 Å². The first-order valence-electron chi connectivity index (χ1n) is 4.83. The third-order valence-corrected chi connectivity index (χ3v) is 2.55. The molecule has 0 aromatic heterocycles. The van der Waals surface area contributed by atoms with Crippen molar-refractivity contribution in [2.75, 3.05) is 13.7 Å². The molecule has 0 saturated heterocycles. The molecule has 1 amide bonds. The summed E-state index contributed by atoms with van der Waals surface area (Å²) in [5.41, 5.74) is 0.450. The largest absolute Gasteiger partial charge is 0.496 e. The molecule has 0 fully saturated rings. The molecule has 0 aliphatic heterocycles. The minimum absolute atomic E-state index is 0.0927. The zero-order valence-electron chi connectivity index (χ0n) is 9.16. The smallest absolute Gasteiger partial charge is 0.255 e. The molecule has 0 radical (unpaired) electrons. The Labute approximate surface area is 103 Å². The maximum absolute atomic E-state index is 11.8. The van der Waals surface area contributed by atoms with Gasteiger partial charge in [0.1, 0.15) is 5.75 Å². The van der Waals surface area contributed by atoms with Crippen LogP contribution in [0.1, 0.15) is 17.3 Å². The summed E-state index contributed by atoms with van der Waals surface area (Å²) in [6.07, 6.45) is 0. The highest BCUT2D eigenvalue weighted by Gasteiger charge is 2.14. The summed E-state index contributed by atoms with van der Waals surface area (Å²) in [6, 6.07) is 4.88. The van der Waals surface area contributed by atoms with Gasteiger partial charge in [0.2, 0.25) is 0 Å². The van der Waals surface area contributed by atoms with Crippen molar-refractivity contribution in [3.63, 3.8) is 0 Å². The molecule has 4 nitrogen and oxygen atoms in total. The average molecular weight is 288 g/mol. The lowest BCUT2D eigenvalue weighted by atomic mass is 10.2. The maximum Gasteiger partial charge on any atom is 0.255 e. The summed E-state index contributed by atoms with van der Waals surface area (Å²) < 4.78 is 5.95. The van der Waals surface area contributed by atoms with E-state index in [4.69, 9.17) is 9.84 Å². The molecule has 1 rings (SSSR count). The molecule has 0 aliphatic rings. The summed E-state index contributed by atoms with van der Waals surface area (Å²) in [5.74, 6) is 0.239. The van der Waals surface area contributed by atoms with Gasteiger partial charge in [-0.1, -0.05) is 15.9 Å². The second kappa shape index (κ2) is 5.86. The van der Waals surface area contributed by atoms with E-state index in [1.165, 1.54) is 7.11 Å². The first-order valence-corrected chi connectivity index (χ1v) is 5.63. The summed E-state index contributed by atoms with van der Waals surface area (Å²) in [4.78, 5) is 11.8. The second-order valence-electron chi connectivity index (χ2n) is 3.40. The van der Waals surface area contributed by atoms with Crippen molar-refractivity contribution in [2.45, 2.75) is 13.0 Å². The van der Waals surface area contributed by atoms with Crippen LogP contribution in [0.25, 0.3) is 0 Å². The lowest BCUT2D eigenvalue weighted by Crippen LogP contribution is -2.35. The third-order valence-electron chi connectivity index (χ3n) is 2.06. The number of methoxy groups -OCH3 is 1. The normalized spacial score (nSPS) is 12.0. The summed E-state index contributed by atoms with van der Waals surface area (Å²) in [7, 11) is 1.51. The Bertz CT molecular complexity index is 381. The van der Waals surface area contributed by atoms with Crippen LogP contribution in [0.3, 0.4) is 0 Å². The number of carbonyl (C=O) groups is 1. The first kappa shape index (κ1) is 13.0. The molecule has 2 N–H and O–H groups in total. The SMILES string of the molecule is COc1cc(Br)ccc1C(=O)NC(C)CO. The minimum atomic E-state index is -0.277. The van der Waals surface area contributed by atoms with Gasteiger partial charge in [0.25, 0.3) is 5.91 Å². The maximum atomic E-state index is 11.8. The Kier molecular flexibility index (Phi) is 4.76. The zero-order chi connectivity index (χ0) is 12.1. The van der Waals surface area contributed by atoms with Crippen molar-refractivity contribution in [3.8, 4) is 5.75 Å². The number of carbonyl (C=O) groups excluding carboxylic acids is 1. The quantitative estimate of drug-likeness (QED) is 0.884. The fourth-order valence-electron chi connectivity index (χ4n) is 1.20. The van der Waals surface area contributed by atoms with E-state index in [1.54, 1.807) is 25.1 Å². The predicted octanol–water partition coefficient (Wildman–Crippen LogP) is 1.57. The number of benzene rings is 1. The topological polar surface area (TPSA) is 58.6 Å². The van der Waals surface area contributed by atoms with Gasteiger partial charge in [-0.25, -0.2) is 0 Å². The van der Waals surface area contributed by atoms with Crippen molar-refractivity contribution in [1.82, 2.24) is 5.32 Å². The number of amides is 1. The number of hydrogen-bond donors (Lipinski definition) is 2. The van der Waals surface area contributed by atoms with E-state index in [1.807, 2.05) is 0 Å². The van der Waals surface area contributed by atoms with Gasteiger partial charge in [0.05, 0.1) is 19.3 Å². The molecule has 1 aromatic rings. The molecule has 5 heteroatoms. The molecule has 88 valence electrons. The Morgan fingerprint density at radius 2 is 2.31 bits per heavy atom. The molecule has 1 aromatic carbocycles. The Morgan fingerprint density at radius 1 is 1.62 bits per heavy atom. The van der Waals surface area contributed by atoms with Gasteiger partial charge in [-0.15, -0.1) is 0 Å². The fraction of sp³-hybridized carbons (Fsp3) is 0.364. The van der Waals surface area contributed by atoms with Gasteiger partial charge < -0.3 is 15.2 Å². The molecule has 0 bridgehead atoms. The number of aliphatic hydroxyl groups excluding tert-OH is 1. The van der Waals surface area contributed by atoms with Gasteiger partial charge in [-0.2, -0.15) is 0 Å². The molecular weight excluding hydrogens is 274 g/mol. The van der Waals surface area contributed by atoms with Crippen LogP contribution in [-0.4, -0.2) is 30.8 Å². The summed E-state index contributed by atoms with van der Waals surface area (Å²) in [6.45, 7) is 1.63. The van der Waals surface area contributed by atoms with Gasteiger partial charge in [-0.05, 0) is 25.1 Å². The van der Waals surface area contributed by atoms with E-state index in [0.29, 0.717) is 11.3 Å². The van der Waals surface area contributed by atoms with Gasteiger partial charge >= 0.3 is 0 Å². The Balaban J connectivity index is 2.90. The summed E-state index contributed by atoms with van der Waals surface area (Å²) in [5, 5.41) is 11.5. The highest BCUT2D eigenvalue weighted by Crippen LogP contribution is 2.23. The van der Waals surface area contributed by atoms with Crippen LogP contribution in [0, 0.1) is 0 Å². The number of ether oxygens (including phenoxy) is 1. The van der Waals surface area contributed by atoms with E-state index in [2.05, 4.69) is 21.2 Å². The number of rotatable bonds is 4.